The van der Waals surface area contributed by atoms with Gasteiger partial charge >= 0.3 is 0 Å². The molecule has 12 aromatic rings. The van der Waals surface area contributed by atoms with Crippen LogP contribution in [0.2, 0.25) is 0 Å². The van der Waals surface area contributed by atoms with E-state index in [9.17, 15) is 0 Å². The van der Waals surface area contributed by atoms with E-state index in [4.69, 9.17) is 9.97 Å². The van der Waals surface area contributed by atoms with E-state index in [2.05, 4.69) is 211 Å². The molecule has 0 atom stereocenters. The molecule has 12 rings (SSSR count). The lowest BCUT2D eigenvalue weighted by atomic mass is 9.88. The molecule has 0 fully saturated rings. The lowest BCUT2D eigenvalue weighted by Crippen LogP contribution is -1.96. The molecular weight excluding hydrogens is 787 g/mol. The van der Waals surface area contributed by atoms with Crippen molar-refractivity contribution in [2.45, 2.75) is 27.7 Å². The topological polar surface area (TPSA) is 30.7 Å². The lowest BCUT2D eigenvalue weighted by Gasteiger charge is -2.16. The summed E-state index contributed by atoms with van der Waals surface area (Å²) in [7, 11) is 0. The minimum Gasteiger partial charge on any atom is -0.309 e. The number of rotatable bonds is 6. The normalized spacial score (nSPS) is 11.1. The quantitative estimate of drug-likeness (QED) is 0.156. The smallest absolute Gasteiger partial charge is 0.160 e. The minimum atomic E-state index is 0.704. The summed E-state index contributed by atoms with van der Waals surface area (Å²) in [6, 6.07) is 80.5. The summed E-state index contributed by atoms with van der Waals surface area (Å²) in [5, 5.41) is 9.85. The molecule has 3 nitrogen and oxygen atoms in total. The van der Waals surface area contributed by atoms with Crippen LogP contribution in [0.4, 0.5) is 0 Å². The van der Waals surface area contributed by atoms with E-state index in [1.807, 2.05) is 45.9 Å². The molecule has 0 saturated heterocycles. The van der Waals surface area contributed by atoms with Crippen LogP contribution in [0.25, 0.3) is 116 Å². The largest absolute Gasteiger partial charge is 0.309 e. The van der Waals surface area contributed by atoms with Crippen LogP contribution >= 0.6 is 0 Å². The molecule has 0 aliphatic rings. The summed E-state index contributed by atoms with van der Waals surface area (Å²) in [6.45, 7) is 8.00. The fourth-order valence-corrected chi connectivity index (χ4v) is 9.32. The molecule has 2 heterocycles. The average molecular weight is 836 g/mol. The predicted octanol–water partition coefficient (Wildman–Crippen LogP) is 17.4. The van der Waals surface area contributed by atoms with Gasteiger partial charge in [0.1, 0.15) is 0 Å². The van der Waals surface area contributed by atoms with Crippen molar-refractivity contribution in [3.63, 3.8) is 0 Å². The van der Waals surface area contributed by atoms with Gasteiger partial charge in [-0.25, -0.2) is 9.97 Å². The maximum absolute atomic E-state index is 5.24. The van der Waals surface area contributed by atoms with Gasteiger partial charge in [-0.2, -0.15) is 0 Å². The van der Waals surface area contributed by atoms with Gasteiger partial charge in [0.25, 0.3) is 0 Å². The Morgan fingerprint density at radius 1 is 0.292 bits per heavy atom. The third-order valence-electron chi connectivity index (χ3n) is 12.2. The Morgan fingerprint density at radius 3 is 1.48 bits per heavy atom. The van der Waals surface area contributed by atoms with E-state index in [-0.39, 0.29) is 0 Å². The second kappa shape index (κ2) is 17.9. The average Bonchev–Trinajstić information content (AvgIpc) is 3.74. The fraction of sp³-hybridized carbons (Fsp3) is 0.0645. The van der Waals surface area contributed by atoms with Gasteiger partial charge in [-0.05, 0) is 97.0 Å². The van der Waals surface area contributed by atoms with Gasteiger partial charge in [0.15, 0.2) is 5.82 Å². The Bertz CT molecular complexity index is 3610. The van der Waals surface area contributed by atoms with Gasteiger partial charge in [-0.1, -0.05) is 210 Å². The maximum Gasteiger partial charge on any atom is 0.160 e. The SMILES string of the molecule is CC.CC.c1ccc(-c2ccc(-c3cc(-c4ccc5c(c4)c4ccccc4c4cccc(-c6ccc7c(c6)c6ccccc6n7-c6ccccc6)c45)nc(-c4ccccc4)n3)cc2)cc1. The minimum absolute atomic E-state index is 0.704. The summed E-state index contributed by atoms with van der Waals surface area (Å²) in [5.41, 5.74) is 13.2. The van der Waals surface area contributed by atoms with Crippen molar-refractivity contribution in [2.24, 2.45) is 0 Å². The number of nitrogens with zero attached hydrogens (tertiary/aromatic N) is 3. The molecule has 0 aliphatic carbocycles. The Labute approximate surface area is 381 Å². The molecule has 3 heteroatoms. The third kappa shape index (κ3) is 7.41. The molecule has 2 aromatic heterocycles. The highest BCUT2D eigenvalue weighted by molar-refractivity contribution is 6.29. The van der Waals surface area contributed by atoms with Crippen molar-refractivity contribution in [2.75, 3.05) is 0 Å². The fourth-order valence-electron chi connectivity index (χ4n) is 9.32. The van der Waals surface area contributed by atoms with Crippen LogP contribution in [0.1, 0.15) is 27.7 Å². The zero-order valence-electron chi connectivity index (χ0n) is 37.2. The summed E-state index contributed by atoms with van der Waals surface area (Å²) >= 11 is 0. The molecule has 0 N–H and O–H groups in total. The Kier molecular flexibility index (Phi) is 11.3. The Morgan fingerprint density at radius 2 is 0.769 bits per heavy atom. The van der Waals surface area contributed by atoms with Gasteiger partial charge in [0, 0.05) is 33.2 Å². The molecule has 0 spiro atoms. The van der Waals surface area contributed by atoms with E-state index in [0.717, 1.165) is 33.8 Å². The van der Waals surface area contributed by atoms with E-state index in [1.54, 1.807) is 0 Å². The van der Waals surface area contributed by atoms with Crippen molar-refractivity contribution < 1.29 is 0 Å². The molecule has 312 valence electrons. The second-order valence-corrected chi connectivity index (χ2v) is 15.7. The van der Waals surface area contributed by atoms with Gasteiger partial charge in [-0.15, -0.1) is 0 Å². The first-order valence-electron chi connectivity index (χ1n) is 22.8. The summed E-state index contributed by atoms with van der Waals surface area (Å²) in [6.07, 6.45) is 0. The molecule has 0 radical (unpaired) electrons. The molecule has 0 bridgehead atoms. The Hall–Kier alpha value is -8.14. The van der Waals surface area contributed by atoms with Crippen LogP contribution in [0.15, 0.2) is 224 Å². The zero-order chi connectivity index (χ0) is 44.3. The molecule has 0 amide bonds. The molecule has 65 heavy (non-hydrogen) atoms. The highest BCUT2D eigenvalue weighted by Crippen LogP contribution is 2.43. The van der Waals surface area contributed by atoms with Crippen molar-refractivity contribution >= 4 is 54.1 Å². The zero-order valence-corrected chi connectivity index (χ0v) is 37.2. The first-order chi connectivity index (χ1) is 32.2. The van der Waals surface area contributed by atoms with Gasteiger partial charge in [0.05, 0.1) is 22.4 Å². The van der Waals surface area contributed by atoms with Crippen LogP contribution in [-0.4, -0.2) is 14.5 Å². The standard InChI is InChI=1S/C58H37N3.2C2H6/c1-4-15-38(16-5-1)39-27-29-40(30-28-39)53-37-54(60-58(59-53)41-17-6-2-7-18-41)43-31-33-50-51(36-43)47-22-11-10-21-46(47)49-25-14-24-45(57(49)50)42-32-34-56-52(35-42)48-23-12-13-26-55(48)61(56)44-19-8-3-9-20-44;2*1-2/h1-37H;2*1-2H3. The third-order valence-corrected chi connectivity index (χ3v) is 12.2. The van der Waals surface area contributed by atoms with Crippen LogP contribution in [0, 0.1) is 0 Å². The lowest BCUT2D eigenvalue weighted by molar-refractivity contribution is 1.18. The van der Waals surface area contributed by atoms with Crippen LogP contribution in [-0.2, 0) is 0 Å². The van der Waals surface area contributed by atoms with Crippen molar-refractivity contribution in [1.82, 2.24) is 14.5 Å². The molecule has 0 unspecified atom stereocenters. The van der Waals surface area contributed by atoms with Crippen molar-refractivity contribution in [3.8, 4) is 61.8 Å². The highest BCUT2D eigenvalue weighted by atomic mass is 15.0. The highest BCUT2D eigenvalue weighted by Gasteiger charge is 2.18. The first kappa shape index (κ1) is 40.9. The van der Waals surface area contributed by atoms with E-state index in [1.165, 1.54) is 76.4 Å². The summed E-state index contributed by atoms with van der Waals surface area (Å²) in [4.78, 5) is 10.4. The number of aromatic nitrogens is 3. The van der Waals surface area contributed by atoms with E-state index >= 15 is 0 Å². The van der Waals surface area contributed by atoms with Crippen LogP contribution < -0.4 is 0 Å². The molecule has 10 aromatic carbocycles. The molecule has 0 aliphatic heterocycles. The molecular formula is C62H49N3. The van der Waals surface area contributed by atoms with E-state index in [0.29, 0.717) is 5.82 Å². The van der Waals surface area contributed by atoms with Gasteiger partial charge in [0.2, 0.25) is 0 Å². The molecule has 0 saturated carbocycles. The summed E-state index contributed by atoms with van der Waals surface area (Å²) < 4.78 is 2.38. The number of benzene rings is 10. The van der Waals surface area contributed by atoms with Gasteiger partial charge in [-0.3, -0.25) is 0 Å². The van der Waals surface area contributed by atoms with Gasteiger partial charge < -0.3 is 4.57 Å². The first-order valence-corrected chi connectivity index (χ1v) is 22.8. The summed E-state index contributed by atoms with van der Waals surface area (Å²) in [5.74, 6) is 0.704. The number of fused-ring (bicyclic) bond motifs is 9. The van der Waals surface area contributed by atoms with Crippen molar-refractivity contribution in [1.29, 1.82) is 0 Å². The number of hydrogen-bond acceptors (Lipinski definition) is 2. The number of para-hydroxylation sites is 2. The predicted molar refractivity (Wildman–Crippen MR) is 279 cm³/mol. The monoisotopic (exact) mass is 835 g/mol. The number of hydrogen-bond donors (Lipinski definition) is 0. The maximum atomic E-state index is 5.24. The van der Waals surface area contributed by atoms with E-state index < -0.39 is 0 Å². The van der Waals surface area contributed by atoms with Crippen LogP contribution in [0.5, 0.6) is 0 Å². The van der Waals surface area contributed by atoms with Crippen molar-refractivity contribution in [3.05, 3.63) is 224 Å². The Balaban J connectivity index is 0.00000121. The van der Waals surface area contributed by atoms with Crippen LogP contribution in [0.3, 0.4) is 0 Å². The second-order valence-electron chi connectivity index (χ2n) is 15.7.